The van der Waals surface area contributed by atoms with Crippen molar-refractivity contribution in [2.24, 2.45) is 5.41 Å². The van der Waals surface area contributed by atoms with E-state index < -0.39 is 6.10 Å². The van der Waals surface area contributed by atoms with Crippen LogP contribution in [0.4, 0.5) is 0 Å². The van der Waals surface area contributed by atoms with Crippen LogP contribution in [0, 0.1) is 5.41 Å². The predicted octanol–water partition coefficient (Wildman–Crippen LogP) is 2.85. The summed E-state index contributed by atoms with van der Waals surface area (Å²) in [6.45, 7) is 2.46. The van der Waals surface area contributed by atoms with E-state index in [1.165, 1.54) is 5.56 Å². The van der Waals surface area contributed by atoms with Crippen LogP contribution in [0.1, 0.15) is 48.2 Å². The van der Waals surface area contributed by atoms with E-state index in [9.17, 15) is 14.7 Å². The largest absolute Gasteiger partial charge is 0.391 e. The van der Waals surface area contributed by atoms with E-state index in [0.717, 1.165) is 25.7 Å². The molecule has 2 aliphatic heterocycles. The van der Waals surface area contributed by atoms with E-state index in [-0.39, 0.29) is 17.2 Å². The summed E-state index contributed by atoms with van der Waals surface area (Å²) in [6.07, 6.45) is 5.86. The van der Waals surface area contributed by atoms with Crippen molar-refractivity contribution in [3.05, 3.63) is 59.9 Å². The number of H-pyrrole nitrogens is 1. The number of piperidine rings is 2. The van der Waals surface area contributed by atoms with Gasteiger partial charge in [-0.3, -0.25) is 9.59 Å². The van der Waals surface area contributed by atoms with Gasteiger partial charge in [0.1, 0.15) is 5.69 Å². The second kappa shape index (κ2) is 9.04. The monoisotopic (exact) mass is 409 g/mol. The maximum absolute atomic E-state index is 12.8. The van der Waals surface area contributed by atoms with Crippen molar-refractivity contribution in [1.82, 2.24) is 14.8 Å². The lowest BCUT2D eigenvalue weighted by molar-refractivity contribution is -0.140. The summed E-state index contributed by atoms with van der Waals surface area (Å²) in [7, 11) is 0. The van der Waals surface area contributed by atoms with Crippen LogP contribution >= 0.6 is 0 Å². The topological polar surface area (TPSA) is 76.6 Å². The van der Waals surface area contributed by atoms with Crippen LogP contribution in [0.3, 0.4) is 0 Å². The number of aromatic nitrogens is 1. The molecule has 2 amide bonds. The number of aliphatic hydroxyl groups is 1. The Labute approximate surface area is 177 Å². The van der Waals surface area contributed by atoms with Gasteiger partial charge in [-0.2, -0.15) is 0 Å². The highest BCUT2D eigenvalue weighted by molar-refractivity contribution is 5.92. The van der Waals surface area contributed by atoms with Crippen molar-refractivity contribution in [1.29, 1.82) is 0 Å². The van der Waals surface area contributed by atoms with E-state index in [2.05, 4.69) is 17.1 Å². The molecule has 2 N–H and O–H groups in total. The molecule has 1 spiro atoms. The first-order chi connectivity index (χ1) is 14.5. The second-order valence-electron chi connectivity index (χ2n) is 8.85. The van der Waals surface area contributed by atoms with Crippen LogP contribution in [-0.4, -0.2) is 64.0 Å². The molecule has 1 aromatic heterocycles. The Morgan fingerprint density at radius 3 is 2.53 bits per heavy atom. The molecule has 2 aliphatic rings. The summed E-state index contributed by atoms with van der Waals surface area (Å²) in [5, 5.41) is 10.5. The number of carbonyl (C=O) groups is 2. The first-order valence-corrected chi connectivity index (χ1v) is 11.0. The maximum Gasteiger partial charge on any atom is 0.270 e. The number of amides is 2. The number of likely N-dealkylation sites (tertiary alicyclic amines) is 2. The van der Waals surface area contributed by atoms with Gasteiger partial charge in [-0.05, 0) is 55.2 Å². The molecule has 0 aliphatic carbocycles. The van der Waals surface area contributed by atoms with Gasteiger partial charge in [-0.1, -0.05) is 30.3 Å². The Hall–Kier alpha value is -2.60. The van der Waals surface area contributed by atoms with Gasteiger partial charge in [0.2, 0.25) is 5.91 Å². The first-order valence-electron chi connectivity index (χ1n) is 11.0. The van der Waals surface area contributed by atoms with Gasteiger partial charge in [0.05, 0.1) is 6.10 Å². The number of aliphatic hydroxyl groups excluding tert-OH is 1. The fourth-order valence-electron chi connectivity index (χ4n) is 4.97. The lowest BCUT2D eigenvalue weighted by atomic mass is 9.71. The lowest BCUT2D eigenvalue weighted by Gasteiger charge is -2.49. The Balaban J connectivity index is 1.30. The molecule has 2 fully saturated rings. The van der Waals surface area contributed by atoms with Crippen LogP contribution in [0.5, 0.6) is 0 Å². The Bertz CT molecular complexity index is 842. The van der Waals surface area contributed by atoms with Crippen molar-refractivity contribution in [2.75, 3.05) is 26.2 Å². The molecule has 1 aromatic carbocycles. The van der Waals surface area contributed by atoms with E-state index in [4.69, 9.17) is 0 Å². The van der Waals surface area contributed by atoms with Crippen LogP contribution in [0.25, 0.3) is 0 Å². The molecule has 0 radical (unpaired) electrons. The summed E-state index contributed by atoms with van der Waals surface area (Å²) in [6, 6.07) is 13.9. The van der Waals surface area contributed by atoms with Crippen LogP contribution in [0.2, 0.25) is 0 Å². The minimum absolute atomic E-state index is 0.0278. The minimum atomic E-state index is -0.484. The molecule has 30 heavy (non-hydrogen) atoms. The number of carbonyl (C=O) groups excluding carboxylic acids is 2. The summed E-state index contributed by atoms with van der Waals surface area (Å²) < 4.78 is 0. The van der Waals surface area contributed by atoms with Gasteiger partial charge in [0.25, 0.3) is 5.91 Å². The molecule has 1 atom stereocenters. The van der Waals surface area contributed by atoms with Crippen LogP contribution < -0.4 is 0 Å². The van der Waals surface area contributed by atoms with Crippen molar-refractivity contribution in [3.8, 4) is 0 Å². The molecule has 0 saturated carbocycles. The van der Waals surface area contributed by atoms with Gasteiger partial charge in [-0.25, -0.2) is 0 Å². The highest BCUT2D eigenvalue weighted by atomic mass is 16.3. The Morgan fingerprint density at radius 2 is 1.83 bits per heavy atom. The third-order valence-electron chi connectivity index (χ3n) is 6.62. The molecular weight excluding hydrogens is 378 g/mol. The van der Waals surface area contributed by atoms with Gasteiger partial charge < -0.3 is 19.9 Å². The number of β-amino-alcohol motifs (C(OH)–C–C–N with tert-alkyl or cyclic N) is 1. The number of nitrogens with zero attached hydrogens (tertiary/aromatic N) is 2. The van der Waals surface area contributed by atoms with E-state index in [1.807, 2.05) is 34.1 Å². The maximum atomic E-state index is 12.8. The molecule has 6 nitrogen and oxygen atoms in total. The third kappa shape index (κ3) is 4.75. The van der Waals surface area contributed by atoms with Crippen LogP contribution in [0.15, 0.2) is 48.7 Å². The standard InChI is InChI=1S/C24H31N3O3/c28-20-16-24(11-14-26(15-12-24)23(30)21-9-5-13-25-21)18-27(17-20)22(29)10-4-8-19-6-2-1-3-7-19/h1-3,5-7,9,13,20,25,28H,4,8,10-12,14-18H2. The molecular formula is C24H31N3O3. The zero-order valence-corrected chi connectivity index (χ0v) is 17.4. The number of hydrogen-bond acceptors (Lipinski definition) is 3. The van der Waals surface area contributed by atoms with E-state index in [1.54, 1.807) is 12.3 Å². The summed E-state index contributed by atoms with van der Waals surface area (Å²) in [5.41, 5.74) is 1.78. The normalized spacial score (nSPS) is 21.0. The molecule has 3 heterocycles. The molecule has 2 saturated heterocycles. The molecule has 1 unspecified atom stereocenters. The van der Waals surface area contributed by atoms with Crippen molar-refractivity contribution in [2.45, 2.75) is 44.6 Å². The number of hydrogen-bond donors (Lipinski definition) is 2. The van der Waals surface area contributed by atoms with Gasteiger partial charge >= 0.3 is 0 Å². The highest BCUT2D eigenvalue weighted by Gasteiger charge is 2.43. The second-order valence-corrected chi connectivity index (χ2v) is 8.85. The number of aromatic amines is 1. The molecule has 2 aromatic rings. The SMILES string of the molecule is O=C(CCCc1ccccc1)N1CC(O)CC2(CCN(C(=O)c3ccc[nH]3)CC2)C1. The molecule has 6 heteroatoms. The van der Waals surface area contributed by atoms with E-state index in [0.29, 0.717) is 44.7 Å². The summed E-state index contributed by atoms with van der Waals surface area (Å²) >= 11 is 0. The number of rotatable bonds is 5. The van der Waals surface area contributed by atoms with Crippen molar-refractivity contribution in [3.63, 3.8) is 0 Å². The molecule has 0 bridgehead atoms. The number of aryl methyl sites for hydroxylation is 1. The zero-order valence-electron chi connectivity index (χ0n) is 17.4. The van der Waals surface area contributed by atoms with Gasteiger partial charge in [0, 0.05) is 38.8 Å². The molecule has 160 valence electrons. The highest BCUT2D eigenvalue weighted by Crippen LogP contribution is 2.40. The summed E-state index contributed by atoms with van der Waals surface area (Å²) in [5.74, 6) is 0.161. The average molecular weight is 410 g/mol. The van der Waals surface area contributed by atoms with Crippen molar-refractivity contribution < 1.29 is 14.7 Å². The van der Waals surface area contributed by atoms with E-state index >= 15 is 0 Å². The Morgan fingerprint density at radius 1 is 1.07 bits per heavy atom. The number of nitrogens with one attached hydrogen (secondary N) is 1. The quantitative estimate of drug-likeness (QED) is 0.797. The predicted molar refractivity (Wildman–Crippen MR) is 115 cm³/mol. The summed E-state index contributed by atoms with van der Waals surface area (Å²) in [4.78, 5) is 32.1. The molecule has 4 rings (SSSR count). The number of benzene rings is 1. The van der Waals surface area contributed by atoms with Gasteiger partial charge in [0.15, 0.2) is 0 Å². The van der Waals surface area contributed by atoms with Crippen molar-refractivity contribution >= 4 is 11.8 Å². The zero-order chi connectivity index (χ0) is 21.0. The van der Waals surface area contributed by atoms with Gasteiger partial charge in [-0.15, -0.1) is 0 Å². The fourth-order valence-corrected chi connectivity index (χ4v) is 4.97. The fraction of sp³-hybridized carbons (Fsp3) is 0.500. The lowest BCUT2D eigenvalue weighted by Crippen LogP contribution is -2.55. The third-order valence-corrected chi connectivity index (χ3v) is 6.62. The smallest absolute Gasteiger partial charge is 0.270 e. The Kier molecular flexibility index (Phi) is 6.23. The first kappa shape index (κ1) is 20.7. The average Bonchev–Trinajstić information content (AvgIpc) is 3.29. The van der Waals surface area contributed by atoms with Crippen LogP contribution in [-0.2, 0) is 11.2 Å². The minimum Gasteiger partial charge on any atom is -0.391 e.